The van der Waals surface area contributed by atoms with E-state index in [0.717, 1.165) is 19.3 Å². The number of nitrogens with one attached hydrogen (secondary N) is 1. The molecule has 0 saturated carbocycles. The molecule has 0 aliphatic carbocycles. The van der Waals surface area contributed by atoms with E-state index < -0.39 is 30.3 Å². The number of alkyl halides is 2. The Kier molecular flexibility index (Phi) is 7.48. The van der Waals surface area contributed by atoms with Crippen molar-refractivity contribution in [2.75, 3.05) is 19.7 Å². The van der Waals surface area contributed by atoms with Crippen LogP contribution in [-0.2, 0) is 14.3 Å². The van der Waals surface area contributed by atoms with Gasteiger partial charge in [0.25, 0.3) is 5.91 Å². The molecule has 0 radical (unpaired) electrons. The predicted octanol–water partition coefficient (Wildman–Crippen LogP) is 3.08. The average Bonchev–Trinajstić information content (AvgIpc) is 2.67. The fourth-order valence-corrected chi connectivity index (χ4v) is 3.21. The van der Waals surface area contributed by atoms with E-state index in [1.165, 1.54) is 26.0 Å². The minimum absolute atomic E-state index is 0.0980. The zero-order valence-corrected chi connectivity index (χ0v) is 16.2. The van der Waals surface area contributed by atoms with Crippen molar-refractivity contribution in [3.63, 3.8) is 0 Å². The van der Waals surface area contributed by atoms with Gasteiger partial charge in [0.05, 0.1) is 12.6 Å². The van der Waals surface area contributed by atoms with Crippen molar-refractivity contribution in [1.29, 1.82) is 0 Å². The van der Waals surface area contributed by atoms with Crippen molar-refractivity contribution in [2.24, 2.45) is 0 Å². The van der Waals surface area contributed by atoms with Crippen molar-refractivity contribution in [2.45, 2.75) is 51.5 Å². The number of hydrogen-bond donors (Lipinski definition) is 1. The van der Waals surface area contributed by atoms with Crippen LogP contribution >= 0.6 is 0 Å². The summed E-state index contributed by atoms with van der Waals surface area (Å²) >= 11 is 0. The molecule has 2 rings (SSSR count). The molecule has 1 aromatic rings. The van der Waals surface area contributed by atoms with E-state index in [-0.39, 0.29) is 12.5 Å². The Labute approximate surface area is 163 Å². The molecular formula is C20H26F2N2O4. The van der Waals surface area contributed by atoms with E-state index in [9.17, 15) is 23.2 Å². The molecule has 0 bridgehead atoms. The summed E-state index contributed by atoms with van der Waals surface area (Å²) in [5, 5.41) is 2.44. The zero-order valence-electron chi connectivity index (χ0n) is 16.2. The summed E-state index contributed by atoms with van der Waals surface area (Å²) in [6, 6.07) is 5.08. The standard InChI is InChI=1S/C20H26F2N2O4/c1-3-28-19(27)20(21,22)13-17(23-14(2)25)15-7-9-16(10-8-15)18(26)24-11-5-4-6-12-24/h7-10,17H,3-6,11-13H2,1-2H3,(H,23,25). The van der Waals surface area contributed by atoms with Gasteiger partial charge in [-0.05, 0) is 43.9 Å². The van der Waals surface area contributed by atoms with Crippen molar-refractivity contribution in [3.05, 3.63) is 35.4 Å². The van der Waals surface area contributed by atoms with Crippen LogP contribution in [0.4, 0.5) is 8.78 Å². The van der Waals surface area contributed by atoms with E-state index in [1.54, 1.807) is 17.0 Å². The Morgan fingerprint density at radius 3 is 2.29 bits per heavy atom. The number of ether oxygens (including phenoxy) is 1. The van der Waals surface area contributed by atoms with Crippen LogP contribution in [0, 0.1) is 0 Å². The summed E-state index contributed by atoms with van der Waals surface area (Å²) in [5.41, 5.74) is 0.846. The smallest absolute Gasteiger partial charge is 0.377 e. The van der Waals surface area contributed by atoms with Gasteiger partial charge in [-0.1, -0.05) is 12.1 Å². The number of nitrogens with zero attached hydrogens (tertiary/aromatic N) is 1. The van der Waals surface area contributed by atoms with E-state index in [4.69, 9.17) is 0 Å². The van der Waals surface area contributed by atoms with Crippen LogP contribution < -0.4 is 5.32 Å². The van der Waals surface area contributed by atoms with Gasteiger partial charge in [0.15, 0.2) is 0 Å². The highest BCUT2D eigenvalue weighted by Crippen LogP contribution is 2.30. The molecule has 0 spiro atoms. The third kappa shape index (κ3) is 5.74. The van der Waals surface area contributed by atoms with Crippen LogP contribution in [0.5, 0.6) is 0 Å². The molecule has 1 atom stereocenters. The Morgan fingerprint density at radius 2 is 1.75 bits per heavy atom. The number of hydrogen-bond acceptors (Lipinski definition) is 4. The number of carbonyl (C=O) groups excluding carboxylic acids is 3. The first kappa shape index (κ1) is 21.8. The molecule has 154 valence electrons. The number of carbonyl (C=O) groups is 3. The maximum atomic E-state index is 14.2. The molecule has 6 nitrogen and oxygen atoms in total. The molecule has 1 saturated heterocycles. The number of likely N-dealkylation sites (tertiary alicyclic amines) is 1. The lowest BCUT2D eigenvalue weighted by Crippen LogP contribution is -2.37. The number of esters is 1. The maximum Gasteiger partial charge on any atom is 0.377 e. The molecule has 28 heavy (non-hydrogen) atoms. The molecule has 1 fully saturated rings. The summed E-state index contributed by atoms with van der Waals surface area (Å²) in [6.07, 6.45) is 2.12. The van der Waals surface area contributed by atoms with Crippen LogP contribution in [-0.4, -0.2) is 48.3 Å². The van der Waals surface area contributed by atoms with Crippen molar-refractivity contribution in [3.8, 4) is 0 Å². The largest absolute Gasteiger partial charge is 0.462 e. The average molecular weight is 396 g/mol. The molecule has 1 aliphatic heterocycles. The van der Waals surface area contributed by atoms with E-state index in [1.807, 2.05) is 0 Å². The zero-order chi connectivity index (χ0) is 20.7. The fourth-order valence-electron chi connectivity index (χ4n) is 3.21. The van der Waals surface area contributed by atoms with Crippen molar-refractivity contribution >= 4 is 17.8 Å². The third-order valence-electron chi connectivity index (χ3n) is 4.62. The highest BCUT2D eigenvalue weighted by molar-refractivity contribution is 5.94. The molecule has 1 unspecified atom stereocenters. The van der Waals surface area contributed by atoms with E-state index in [2.05, 4.69) is 10.1 Å². The number of amides is 2. The lowest BCUT2D eigenvalue weighted by atomic mass is 9.98. The van der Waals surface area contributed by atoms with Crippen LogP contribution in [0.15, 0.2) is 24.3 Å². The van der Waals surface area contributed by atoms with Gasteiger partial charge in [0, 0.05) is 32.0 Å². The van der Waals surface area contributed by atoms with Crippen LogP contribution in [0.25, 0.3) is 0 Å². The number of rotatable bonds is 7. The monoisotopic (exact) mass is 396 g/mol. The van der Waals surface area contributed by atoms with Crippen molar-refractivity contribution < 1.29 is 27.9 Å². The van der Waals surface area contributed by atoms with Crippen LogP contribution in [0.1, 0.15) is 61.5 Å². The molecule has 8 heteroatoms. The first-order valence-corrected chi connectivity index (χ1v) is 9.46. The molecule has 1 heterocycles. The summed E-state index contributed by atoms with van der Waals surface area (Å²) in [7, 11) is 0. The second-order valence-electron chi connectivity index (χ2n) is 6.86. The normalized spacial score (nSPS) is 15.6. The quantitative estimate of drug-likeness (QED) is 0.719. The number of benzene rings is 1. The van der Waals surface area contributed by atoms with Crippen LogP contribution in [0.2, 0.25) is 0 Å². The van der Waals surface area contributed by atoms with Crippen molar-refractivity contribution in [1.82, 2.24) is 10.2 Å². The van der Waals surface area contributed by atoms with Gasteiger partial charge in [-0.2, -0.15) is 8.78 Å². The number of piperidine rings is 1. The van der Waals surface area contributed by atoms with Gasteiger partial charge in [0.2, 0.25) is 5.91 Å². The maximum absolute atomic E-state index is 14.2. The summed E-state index contributed by atoms with van der Waals surface area (Å²) in [4.78, 5) is 37.3. The molecule has 2 amide bonds. The SMILES string of the molecule is CCOC(=O)C(F)(F)CC(NC(C)=O)c1ccc(C(=O)N2CCCCC2)cc1. The third-order valence-corrected chi connectivity index (χ3v) is 4.62. The summed E-state index contributed by atoms with van der Waals surface area (Å²) in [5.74, 6) is -5.97. The summed E-state index contributed by atoms with van der Waals surface area (Å²) in [6.45, 7) is 3.91. The van der Waals surface area contributed by atoms with Crippen LogP contribution in [0.3, 0.4) is 0 Å². The molecule has 0 aromatic heterocycles. The van der Waals surface area contributed by atoms with Gasteiger partial charge >= 0.3 is 11.9 Å². The van der Waals surface area contributed by atoms with Gasteiger partial charge in [-0.25, -0.2) is 4.79 Å². The lowest BCUT2D eigenvalue weighted by molar-refractivity contribution is -0.173. The Balaban J connectivity index is 2.16. The van der Waals surface area contributed by atoms with Gasteiger partial charge in [-0.3, -0.25) is 9.59 Å². The Hall–Kier alpha value is -2.51. The van der Waals surface area contributed by atoms with Gasteiger partial charge in [-0.15, -0.1) is 0 Å². The van der Waals surface area contributed by atoms with Gasteiger partial charge < -0.3 is 15.0 Å². The van der Waals surface area contributed by atoms with E-state index >= 15 is 0 Å². The predicted molar refractivity (Wildman–Crippen MR) is 99.0 cm³/mol. The lowest BCUT2D eigenvalue weighted by Gasteiger charge is -2.27. The second-order valence-corrected chi connectivity index (χ2v) is 6.86. The molecular weight excluding hydrogens is 370 g/mol. The number of halogens is 2. The van der Waals surface area contributed by atoms with Gasteiger partial charge in [0.1, 0.15) is 0 Å². The van der Waals surface area contributed by atoms with E-state index in [0.29, 0.717) is 24.2 Å². The molecule has 1 N–H and O–H groups in total. The minimum Gasteiger partial charge on any atom is -0.462 e. The first-order chi connectivity index (χ1) is 13.2. The topological polar surface area (TPSA) is 75.7 Å². The summed E-state index contributed by atoms with van der Waals surface area (Å²) < 4.78 is 32.7. The minimum atomic E-state index is -3.74. The molecule has 1 aromatic carbocycles. The Bertz CT molecular complexity index is 701. The first-order valence-electron chi connectivity index (χ1n) is 9.46. The Morgan fingerprint density at radius 1 is 1.14 bits per heavy atom. The highest BCUT2D eigenvalue weighted by Gasteiger charge is 2.43. The fraction of sp³-hybridized carbons (Fsp3) is 0.550. The second kappa shape index (κ2) is 9.61. The highest BCUT2D eigenvalue weighted by atomic mass is 19.3. The molecule has 1 aliphatic rings.